The molecule has 1 unspecified atom stereocenters. The van der Waals surface area contributed by atoms with Gasteiger partial charge in [-0.05, 0) is 37.1 Å². The second kappa shape index (κ2) is 8.42. The van der Waals surface area contributed by atoms with E-state index in [1.54, 1.807) is 7.05 Å². The van der Waals surface area contributed by atoms with Crippen molar-refractivity contribution < 1.29 is 9.59 Å². The predicted molar refractivity (Wildman–Crippen MR) is 85.1 cm³/mol. The molecule has 5 nitrogen and oxygen atoms in total. The second-order valence-corrected chi connectivity index (χ2v) is 5.33. The summed E-state index contributed by atoms with van der Waals surface area (Å²) in [5.74, 6) is -0.227. The molecule has 21 heavy (non-hydrogen) atoms. The summed E-state index contributed by atoms with van der Waals surface area (Å²) in [7, 11) is 1.74. The third kappa shape index (κ3) is 5.55. The van der Waals surface area contributed by atoms with Crippen molar-refractivity contribution in [2.75, 3.05) is 18.9 Å². The molecule has 2 amide bonds. The number of hydrogen-bond acceptors (Lipinski definition) is 3. The Balaban J connectivity index is 2.44. The van der Waals surface area contributed by atoms with Gasteiger partial charge in [-0.1, -0.05) is 32.9 Å². The lowest BCUT2D eigenvalue weighted by Gasteiger charge is -2.19. The van der Waals surface area contributed by atoms with Gasteiger partial charge >= 0.3 is 0 Å². The van der Waals surface area contributed by atoms with E-state index in [-0.39, 0.29) is 30.3 Å². The quantitative estimate of drug-likeness (QED) is 0.714. The molecule has 3 N–H and O–H groups in total. The number of carbonyl (C=O) groups is 2. The minimum atomic E-state index is -0.290. The van der Waals surface area contributed by atoms with E-state index in [0.717, 1.165) is 12.1 Å². The van der Waals surface area contributed by atoms with Gasteiger partial charge in [0, 0.05) is 5.69 Å². The summed E-state index contributed by atoms with van der Waals surface area (Å²) in [5, 5.41) is 8.35. The molecule has 0 fully saturated rings. The lowest BCUT2D eigenvalue weighted by Crippen LogP contribution is -2.47. The zero-order valence-electron chi connectivity index (χ0n) is 13.2. The van der Waals surface area contributed by atoms with Crippen LogP contribution in [-0.4, -0.2) is 31.4 Å². The lowest BCUT2D eigenvalue weighted by molar-refractivity contribution is -0.126. The van der Waals surface area contributed by atoms with Crippen LogP contribution >= 0.6 is 0 Å². The van der Waals surface area contributed by atoms with Crippen LogP contribution in [0.25, 0.3) is 0 Å². The van der Waals surface area contributed by atoms with Gasteiger partial charge in [0.05, 0.1) is 12.6 Å². The van der Waals surface area contributed by atoms with Gasteiger partial charge in [0.2, 0.25) is 11.8 Å². The molecule has 116 valence electrons. The molecular weight excluding hydrogens is 266 g/mol. The zero-order chi connectivity index (χ0) is 15.8. The third-order valence-electron chi connectivity index (χ3n) is 3.33. The van der Waals surface area contributed by atoms with E-state index in [2.05, 4.69) is 22.9 Å². The number of hydrogen-bond donors (Lipinski definition) is 3. The van der Waals surface area contributed by atoms with Crippen LogP contribution in [0.3, 0.4) is 0 Å². The first-order chi connectivity index (χ1) is 9.97. The van der Waals surface area contributed by atoms with E-state index in [4.69, 9.17) is 0 Å². The molecule has 0 aliphatic heterocycles. The topological polar surface area (TPSA) is 70.2 Å². The molecule has 0 aromatic heterocycles. The number of nitrogens with one attached hydrogen (secondary N) is 3. The number of carbonyl (C=O) groups excluding carboxylic acids is 2. The van der Waals surface area contributed by atoms with Gasteiger partial charge in [0.25, 0.3) is 0 Å². The molecule has 1 rings (SSSR count). The molecular formula is C16H25N3O2. The molecule has 0 bridgehead atoms. The Morgan fingerprint density at radius 3 is 2.24 bits per heavy atom. The van der Waals surface area contributed by atoms with Crippen LogP contribution in [0.1, 0.15) is 26.3 Å². The average Bonchev–Trinajstić information content (AvgIpc) is 2.46. The fourth-order valence-electron chi connectivity index (χ4n) is 2.07. The molecule has 0 aliphatic carbocycles. The summed E-state index contributed by atoms with van der Waals surface area (Å²) in [6, 6.07) is 7.39. The molecule has 0 radical (unpaired) electrons. The SMILES string of the molecule is CCc1ccc(NC(=O)CNC(=O)C(NC)C(C)C)cc1. The molecule has 0 saturated carbocycles. The molecule has 0 aliphatic rings. The summed E-state index contributed by atoms with van der Waals surface area (Å²) < 4.78 is 0. The first-order valence-electron chi connectivity index (χ1n) is 7.31. The maximum absolute atomic E-state index is 11.9. The van der Waals surface area contributed by atoms with Crippen LogP contribution in [0.15, 0.2) is 24.3 Å². The van der Waals surface area contributed by atoms with Gasteiger partial charge in [-0.3, -0.25) is 9.59 Å². The van der Waals surface area contributed by atoms with Gasteiger partial charge in [-0.2, -0.15) is 0 Å². The summed E-state index contributed by atoms with van der Waals surface area (Å²) in [6.45, 7) is 5.96. The van der Waals surface area contributed by atoms with Crippen molar-refractivity contribution >= 4 is 17.5 Å². The Kier molecular flexibility index (Phi) is 6.88. The molecule has 1 atom stereocenters. The second-order valence-electron chi connectivity index (χ2n) is 5.33. The van der Waals surface area contributed by atoms with Crippen molar-refractivity contribution in [3.8, 4) is 0 Å². The third-order valence-corrected chi connectivity index (χ3v) is 3.33. The monoisotopic (exact) mass is 291 g/mol. The van der Waals surface area contributed by atoms with E-state index >= 15 is 0 Å². The Morgan fingerprint density at radius 1 is 1.14 bits per heavy atom. The largest absolute Gasteiger partial charge is 0.346 e. The maximum atomic E-state index is 11.9. The highest BCUT2D eigenvalue weighted by atomic mass is 16.2. The van der Waals surface area contributed by atoms with Crippen LogP contribution in [0.2, 0.25) is 0 Å². The Hall–Kier alpha value is -1.88. The molecule has 1 aromatic rings. The highest BCUT2D eigenvalue weighted by Crippen LogP contribution is 2.09. The minimum Gasteiger partial charge on any atom is -0.346 e. The lowest BCUT2D eigenvalue weighted by atomic mass is 10.0. The number of anilines is 1. The first kappa shape index (κ1) is 17.2. The summed E-state index contributed by atoms with van der Waals surface area (Å²) >= 11 is 0. The molecule has 5 heteroatoms. The van der Waals surface area contributed by atoms with Gasteiger partial charge in [-0.25, -0.2) is 0 Å². The van der Waals surface area contributed by atoms with E-state index in [1.165, 1.54) is 5.56 Å². The van der Waals surface area contributed by atoms with Crippen LogP contribution < -0.4 is 16.0 Å². The first-order valence-corrected chi connectivity index (χ1v) is 7.31. The summed E-state index contributed by atoms with van der Waals surface area (Å²) in [4.78, 5) is 23.7. The highest BCUT2D eigenvalue weighted by Gasteiger charge is 2.20. The predicted octanol–water partition coefficient (Wildman–Crippen LogP) is 1.55. The van der Waals surface area contributed by atoms with Crippen LogP contribution in [0.5, 0.6) is 0 Å². The summed E-state index contributed by atoms with van der Waals surface area (Å²) in [5.41, 5.74) is 1.95. The van der Waals surface area contributed by atoms with Gasteiger partial charge < -0.3 is 16.0 Å². The van der Waals surface area contributed by atoms with E-state index in [9.17, 15) is 9.59 Å². The smallest absolute Gasteiger partial charge is 0.243 e. The van der Waals surface area contributed by atoms with Crippen molar-refractivity contribution in [1.82, 2.24) is 10.6 Å². The van der Waals surface area contributed by atoms with E-state index in [1.807, 2.05) is 38.1 Å². The van der Waals surface area contributed by atoms with Crippen molar-refractivity contribution in [2.45, 2.75) is 33.2 Å². The van der Waals surface area contributed by atoms with Crippen LogP contribution in [0, 0.1) is 5.92 Å². The van der Waals surface area contributed by atoms with Crippen LogP contribution in [-0.2, 0) is 16.0 Å². The zero-order valence-corrected chi connectivity index (χ0v) is 13.2. The average molecular weight is 291 g/mol. The Bertz CT molecular complexity index is 469. The Labute approximate surface area is 126 Å². The fraction of sp³-hybridized carbons (Fsp3) is 0.500. The van der Waals surface area contributed by atoms with E-state index < -0.39 is 0 Å². The number of likely N-dealkylation sites (N-methyl/N-ethyl adjacent to an activating group) is 1. The molecule has 0 heterocycles. The fourth-order valence-corrected chi connectivity index (χ4v) is 2.07. The van der Waals surface area contributed by atoms with E-state index in [0.29, 0.717) is 0 Å². The van der Waals surface area contributed by atoms with Crippen molar-refractivity contribution in [2.24, 2.45) is 5.92 Å². The van der Waals surface area contributed by atoms with Crippen molar-refractivity contribution in [3.05, 3.63) is 29.8 Å². The van der Waals surface area contributed by atoms with Gasteiger partial charge in [0.15, 0.2) is 0 Å². The molecule has 1 aromatic carbocycles. The summed E-state index contributed by atoms with van der Waals surface area (Å²) in [6.07, 6.45) is 0.963. The Morgan fingerprint density at radius 2 is 1.76 bits per heavy atom. The minimum absolute atomic E-state index is 0.0285. The standard InChI is InChI=1S/C16H25N3O2/c1-5-12-6-8-13(9-7-12)19-14(20)10-18-16(21)15(17-4)11(2)3/h6-9,11,15,17H,5,10H2,1-4H3,(H,18,21)(H,19,20). The molecule has 0 spiro atoms. The van der Waals surface area contributed by atoms with Gasteiger partial charge in [-0.15, -0.1) is 0 Å². The normalized spacial score (nSPS) is 12.0. The molecule has 0 saturated heterocycles. The van der Waals surface area contributed by atoms with Gasteiger partial charge in [0.1, 0.15) is 0 Å². The van der Waals surface area contributed by atoms with Crippen molar-refractivity contribution in [3.63, 3.8) is 0 Å². The highest BCUT2D eigenvalue weighted by molar-refractivity contribution is 5.95. The number of benzene rings is 1. The maximum Gasteiger partial charge on any atom is 0.243 e. The number of aryl methyl sites for hydroxylation is 1. The number of amides is 2. The number of rotatable bonds is 7. The van der Waals surface area contributed by atoms with Crippen LogP contribution in [0.4, 0.5) is 5.69 Å². The van der Waals surface area contributed by atoms with Crippen molar-refractivity contribution in [1.29, 1.82) is 0 Å².